The van der Waals surface area contributed by atoms with Crippen molar-refractivity contribution >= 4 is 11.7 Å². The molecule has 1 aromatic rings. The number of non-ortho nitro benzene ring substituents is 1. The summed E-state index contributed by atoms with van der Waals surface area (Å²) in [5.41, 5.74) is -0.565. The number of carbonyl (C=O) groups is 1. The highest BCUT2D eigenvalue weighted by Crippen LogP contribution is 2.23. The number of nitrogens with zero attached hydrogens (tertiary/aromatic N) is 1. The highest BCUT2D eigenvalue weighted by atomic mass is 19.3. The zero-order valence-corrected chi connectivity index (χ0v) is 9.19. The predicted octanol–water partition coefficient (Wildman–Crippen LogP) is 2.65. The molecule has 0 fully saturated rings. The number of benzene rings is 1. The minimum absolute atomic E-state index is 0.254. The van der Waals surface area contributed by atoms with E-state index in [0.29, 0.717) is 0 Å². The lowest BCUT2D eigenvalue weighted by atomic mass is 10.2. The van der Waals surface area contributed by atoms with Crippen molar-refractivity contribution in [3.63, 3.8) is 0 Å². The van der Waals surface area contributed by atoms with Crippen molar-refractivity contribution < 1.29 is 32.0 Å². The smallest absolute Gasteiger partial charge is 0.340 e. The molecular weight excluding hydrogens is 274 g/mol. The first kappa shape index (κ1) is 14.9. The molecule has 0 heterocycles. The van der Waals surface area contributed by atoms with Crippen LogP contribution in [-0.4, -0.2) is 29.8 Å². The lowest BCUT2D eigenvalue weighted by molar-refractivity contribution is -0.384. The van der Waals surface area contributed by atoms with Crippen LogP contribution < -0.4 is 0 Å². The van der Waals surface area contributed by atoms with Crippen LogP contribution in [0.5, 0.6) is 0 Å². The molecule has 5 nitrogen and oxygen atoms in total. The van der Waals surface area contributed by atoms with E-state index in [0.717, 1.165) is 24.3 Å². The summed E-state index contributed by atoms with van der Waals surface area (Å²) in [5, 5.41) is 10.3. The van der Waals surface area contributed by atoms with E-state index in [-0.39, 0.29) is 11.3 Å². The maximum atomic E-state index is 12.5. The normalized spacial score (nSPS) is 11.4. The van der Waals surface area contributed by atoms with E-state index in [2.05, 4.69) is 4.74 Å². The van der Waals surface area contributed by atoms with E-state index in [4.69, 9.17) is 0 Å². The van der Waals surface area contributed by atoms with E-state index >= 15 is 0 Å². The fourth-order valence-electron chi connectivity index (χ4n) is 1.03. The molecule has 0 saturated carbocycles. The molecule has 1 rings (SSSR count). The number of hydrogen-bond donors (Lipinski definition) is 0. The van der Waals surface area contributed by atoms with Crippen LogP contribution in [0.25, 0.3) is 0 Å². The number of carbonyl (C=O) groups excluding carboxylic acids is 1. The first-order valence-electron chi connectivity index (χ1n) is 4.81. The van der Waals surface area contributed by atoms with Crippen molar-refractivity contribution in [2.45, 2.75) is 12.3 Å². The van der Waals surface area contributed by atoms with Crippen molar-refractivity contribution in [1.82, 2.24) is 0 Å². The van der Waals surface area contributed by atoms with Gasteiger partial charge in [-0.2, -0.15) is 8.78 Å². The molecule has 104 valence electrons. The van der Waals surface area contributed by atoms with Gasteiger partial charge in [-0.05, 0) is 12.1 Å². The average Bonchev–Trinajstić information content (AvgIpc) is 2.36. The Labute approximate surface area is 103 Å². The van der Waals surface area contributed by atoms with Crippen molar-refractivity contribution in [3.8, 4) is 0 Å². The van der Waals surface area contributed by atoms with Crippen LogP contribution in [0.4, 0.5) is 23.2 Å². The highest BCUT2D eigenvalue weighted by molar-refractivity contribution is 5.89. The van der Waals surface area contributed by atoms with Gasteiger partial charge in [0.1, 0.15) is 0 Å². The average molecular weight is 281 g/mol. The van der Waals surface area contributed by atoms with Gasteiger partial charge in [0.25, 0.3) is 5.69 Å². The van der Waals surface area contributed by atoms with E-state index in [1.807, 2.05) is 0 Å². The van der Waals surface area contributed by atoms with Gasteiger partial charge in [-0.25, -0.2) is 13.6 Å². The first-order valence-corrected chi connectivity index (χ1v) is 4.81. The number of alkyl halides is 4. The molecular formula is C10H7F4NO4. The molecule has 0 aromatic heterocycles. The standard InChI is InChI=1S/C10H7F4NO4/c11-9(12)10(13,14)5-19-8(16)6-1-3-7(4-2-6)15(17)18/h1-4,9H,5H2. The van der Waals surface area contributed by atoms with Gasteiger partial charge >= 0.3 is 18.3 Å². The number of rotatable bonds is 5. The second kappa shape index (κ2) is 5.63. The number of nitro groups is 1. The van der Waals surface area contributed by atoms with Gasteiger partial charge in [0, 0.05) is 12.1 Å². The Kier molecular flexibility index (Phi) is 4.41. The molecule has 0 bridgehead atoms. The van der Waals surface area contributed by atoms with E-state index < -0.39 is 29.8 Å². The number of hydrogen-bond acceptors (Lipinski definition) is 4. The summed E-state index contributed by atoms with van der Waals surface area (Å²) in [7, 11) is 0. The molecule has 0 aliphatic heterocycles. The Morgan fingerprint density at radius 2 is 1.84 bits per heavy atom. The van der Waals surface area contributed by atoms with Crippen LogP contribution in [0.2, 0.25) is 0 Å². The Morgan fingerprint density at radius 1 is 1.32 bits per heavy atom. The quantitative estimate of drug-likeness (QED) is 0.360. The Hall–Kier alpha value is -2.19. The topological polar surface area (TPSA) is 69.4 Å². The molecule has 0 amide bonds. The van der Waals surface area contributed by atoms with E-state index in [9.17, 15) is 32.5 Å². The number of nitro benzene ring substituents is 1. The maximum absolute atomic E-state index is 12.5. The third-order valence-electron chi connectivity index (χ3n) is 2.03. The molecule has 0 aliphatic carbocycles. The number of ether oxygens (including phenoxy) is 1. The van der Waals surface area contributed by atoms with E-state index in [1.165, 1.54) is 0 Å². The lowest BCUT2D eigenvalue weighted by Crippen LogP contribution is -2.33. The fraction of sp³-hybridized carbons (Fsp3) is 0.300. The third kappa shape index (κ3) is 3.90. The van der Waals surface area contributed by atoms with Crippen LogP contribution in [-0.2, 0) is 4.74 Å². The zero-order valence-electron chi connectivity index (χ0n) is 9.19. The SMILES string of the molecule is O=C(OCC(F)(F)C(F)F)c1ccc([N+](=O)[O-])cc1. The lowest BCUT2D eigenvalue weighted by Gasteiger charge is -2.14. The van der Waals surface area contributed by atoms with Gasteiger partial charge in [-0.3, -0.25) is 10.1 Å². The number of esters is 1. The fourth-order valence-corrected chi connectivity index (χ4v) is 1.03. The van der Waals surface area contributed by atoms with E-state index in [1.54, 1.807) is 0 Å². The minimum atomic E-state index is -4.43. The summed E-state index contributed by atoms with van der Waals surface area (Å²) in [6.45, 7) is -1.76. The summed E-state index contributed by atoms with van der Waals surface area (Å²) in [4.78, 5) is 20.8. The van der Waals surface area contributed by atoms with Crippen molar-refractivity contribution in [1.29, 1.82) is 0 Å². The molecule has 0 N–H and O–H groups in total. The van der Waals surface area contributed by atoms with Gasteiger partial charge in [0.2, 0.25) is 0 Å². The van der Waals surface area contributed by atoms with Gasteiger partial charge in [-0.15, -0.1) is 0 Å². The van der Waals surface area contributed by atoms with Crippen LogP contribution in [0.3, 0.4) is 0 Å². The summed E-state index contributed by atoms with van der Waals surface area (Å²) < 4.78 is 52.5. The second-order valence-corrected chi connectivity index (χ2v) is 3.44. The van der Waals surface area contributed by atoms with Crippen molar-refractivity contribution in [2.75, 3.05) is 6.61 Å². The molecule has 0 saturated heterocycles. The Morgan fingerprint density at radius 3 is 2.26 bits per heavy atom. The molecule has 0 unspecified atom stereocenters. The minimum Gasteiger partial charge on any atom is -0.455 e. The highest BCUT2D eigenvalue weighted by Gasteiger charge is 2.42. The monoisotopic (exact) mass is 281 g/mol. The summed E-state index contributed by atoms with van der Waals surface area (Å²) >= 11 is 0. The molecule has 0 aliphatic rings. The molecule has 0 radical (unpaired) electrons. The Balaban J connectivity index is 2.66. The number of halogens is 4. The van der Waals surface area contributed by atoms with Crippen molar-refractivity contribution in [3.05, 3.63) is 39.9 Å². The largest absolute Gasteiger partial charge is 0.455 e. The second-order valence-electron chi connectivity index (χ2n) is 3.44. The van der Waals surface area contributed by atoms with Crippen LogP contribution in [0.1, 0.15) is 10.4 Å². The zero-order chi connectivity index (χ0) is 14.6. The van der Waals surface area contributed by atoms with Gasteiger partial charge in [0.05, 0.1) is 10.5 Å². The summed E-state index contributed by atoms with van der Waals surface area (Å²) in [6, 6.07) is 3.87. The predicted molar refractivity (Wildman–Crippen MR) is 54.3 cm³/mol. The van der Waals surface area contributed by atoms with Crippen molar-refractivity contribution in [2.24, 2.45) is 0 Å². The van der Waals surface area contributed by atoms with Crippen LogP contribution >= 0.6 is 0 Å². The molecule has 0 atom stereocenters. The van der Waals surface area contributed by atoms with Gasteiger partial charge in [-0.1, -0.05) is 0 Å². The molecule has 1 aromatic carbocycles. The third-order valence-corrected chi connectivity index (χ3v) is 2.03. The van der Waals surface area contributed by atoms with Crippen LogP contribution in [0.15, 0.2) is 24.3 Å². The first-order chi connectivity index (χ1) is 8.74. The molecule has 9 heteroatoms. The van der Waals surface area contributed by atoms with Gasteiger partial charge < -0.3 is 4.74 Å². The molecule has 0 spiro atoms. The summed E-state index contributed by atoms with van der Waals surface area (Å²) in [5.74, 6) is -5.70. The summed E-state index contributed by atoms with van der Waals surface area (Å²) in [6.07, 6.45) is -3.95. The maximum Gasteiger partial charge on any atom is 0.340 e. The molecule has 19 heavy (non-hydrogen) atoms. The van der Waals surface area contributed by atoms with Crippen LogP contribution in [0, 0.1) is 10.1 Å². The van der Waals surface area contributed by atoms with Gasteiger partial charge in [0.15, 0.2) is 6.61 Å². The Bertz CT molecular complexity index is 475.